The third-order valence-electron chi connectivity index (χ3n) is 3.78. The number of aromatic nitrogens is 6. The van der Waals surface area contributed by atoms with E-state index in [9.17, 15) is 0 Å². The van der Waals surface area contributed by atoms with E-state index in [1.165, 1.54) is 11.8 Å². The van der Waals surface area contributed by atoms with Crippen LogP contribution in [0.3, 0.4) is 0 Å². The first-order chi connectivity index (χ1) is 11.7. The van der Waals surface area contributed by atoms with E-state index in [4.69, 9.17) is 11.6 Å². The molecule has 0 saturated heterocycles. The Kier molecular flexibility index (Phi) is 4.20. The van der Waals surface area contributed by atoms with Gasteiger partial charge in [-0.25, -0.2) is 9.97 Å². The molecule has 3 aromatic rings. The maximum Gasteiger partial charge on any atom is 0.197 e. The number of hydrogen-bond donors (Lipinski definition) is 0. The summed E-state index contributed by atoms with van der Waals surface area (Å²) in [4.78, 5) is 13.1. The fourth-order valence-electron chi connectivity index (χ4n) is 2.44. The third-order valence-corrected chi connectivity index (χ3v) is 4.88. The highest BCUT2D eigenvalue weighted by Gasteiger charge is 2.27. The van der Waals surface area contributed by atoms with E-state index in [0.29, 0.717) is 11.1 Å². The second-order valence-electron chi connectivity index (χ2n) is 5.56. The average molecular weight is 359 g/mol. The van der Waals surface area contributed by atoms with Crippen molar-refractivity contribution in [3.63, 3.8) is 0 Å². The highest BCUT2D eigenvalue weighted by molar-refractivity contribution is 7.99. The maximum atomic E-state index is 6.15. The zero-order valence-corrected chi connectivity index (χ0v) is 14.6. The SMILES string of the molecule is CCn1c(Sc2cc(Cl)nc(C3CC3)n2)nnc1-c1cccnc1. The molecule has 8 heteroatoms. The van der Waals surface area contributed by atoms with Crippen LogP contribution in [-0.2, 0) is 6.54 Å². The molecule has 1 aliphatic rings. The summed E-state index contributed by atoms with van der Waals surface area (Å²) in [6.07, 6.45) is 5.81. The van der Waals surface area contributed by atoms with Gasteiger partial charge in [-0.2, -0.15) is 0 Å². The van der Waals surface area contributed by atoms with Crippen molar-refractivity contribution in [3.05, 3.63) is 41.6 Å². The molecule has 3 aromatic heterocycles. The zero-order chi connectivity index (χ0) is 16.5. The quantitative estimate of drug-likeness (QED) is 0.645. The van der Waals surface area contributed by atoms with Gasteiger partial charge in [-0.15, -0.1) is 10.2 Å². The lowest BCUT2D eigenvalue weighted by Gasteiger charge is -2.07. The Morgan fingerprint density at radius 2 is 2.17 bits per heavy atom. The number of hydrogen-bond acceptors (Lipinski definition) is 6. The predicted octanol–water partition coefficient (Wildman–Crippen LogP) is 3.83. The van der Waals surface area contributed by atoms with Crippen molar-refractivity contribution in [2.45, 2.75) is 42.4 Å². The smallest absolute Gasteiger partial charge is 0.197 e. The molecular weight excluding hydrogens is 344 g/mol. The fraction of sp³-hybridized carbons (Fsp3) is 0.312. The van der Waals surface area contributed by atoms with Crippen molar-refractivity contribution in [2.75, 3.05) is 0 Å². The molecule has 122 valence electrons. The Balaban J connectivity index is 1.67. The highest BCUT2D eigenvalue weighted by atomic mass is 35.5. The van der Waals surface area contributed by atoms with Crippen molar-refractivity contribution >= 4 is 23.4 Å². The van der Waals surface area contributed by atoms with Crippen LogP contribution in [-0.4, -0.2) is 29.7 Å². The van der Waals surface area contributed by atoms with E-state index in [-0.39, 0.29) is 0 Å². The average Bonchev–Trinajstić information content (AvgIpc) is 3.37. The molecule has 1 fully saturated rings. The normalized spacial score (nSPS) is 14.1. The highest BCUT2D eigenvalue weighted by Crippen LogP contribution is 2.39. The molecular formula is C16H15ClN6S. The van der Waals surface area contributed by atoms with E-state index >= 15 is 0 Å². The summed E-state index contributed by atoms with van der Waals surface area (Å²) in [5.41, 5.74) is 0.943. The van der Waals surface area contributed by atoms with E-state index in [2.05, 4.69) is 36.6 Å². The first-order valence-corrected chi connectivity index (χ1v) is 9.00. The zero-order valence-electron chi connectivity index (χ0n) is 13.1. The van der Waals surface area contributed by atoms with Gasteiger partial charge in [-0.3, -0.25) is 4.98 Å². The van der Waals surface area contributed by atoms with Crippen LogP contribution in [0.15, 0.2) is 40.8 Å². The van der Waals surface area contributed by atoms with Gasteiger partial charge in [0.15, 0.2) is 11.0 Å². The molecule has 0 aromatic carbocycles. The van der Waals surface area contributed by atoms with Crippen LogP contribution >= 0.6 is 23.4 Å². The van der Waals surface area contributed by atoms with Gasteiger partial charge in [0, 0.05) is 36.5 Å². The Morgan fingerprint density at radius 1 is 1.29 bits per heavy atom. The van der Waals surface area contributed by atoms with Crippen molar-refractivity contribution in [3.8, 4) is 11.4 Å². The largest absolute Gasteiger partial charge is 0.302 e. The fourth-order valence-corrected chi connectivity index (χ4v) is 3.60. The first-order valence-electron chi connectivity index (χ1n) is 7.80. The van der Waals surface area contributed by atoms with Crippen LogP contribution in [0.1, 0.15) is 31.5 Å². The van der Waals surface area contributed by atoms with Crippen molar-refractivity contribution in [1.29, 1.82) is 0 Å². The van der Waals surface area contributed by atoms with Crippen LogP contribution in [0, 0.1) is 0 Å². The molecule has 0 bridgehead atoms. The van der Waals surface area contributed by atoms with Crippen LogP contribution in [0.5, 0.6) is 0 Å². The van der Waals surface area contributed by atoms with Gasteiger partial charge in [0.2, 0.25) is 0 Å². The van der Waals surface area contributed by atoms with Crippen LogP contribution in [0.4, 0.5) is 0 Å². The molecule has 0 unspecified atom stereocenters. The molecule has 0 amide bonds. The van der Waals surface area contributed by atoms with Gasteiger partial charge in [-0.05, 0) is 43.7 Å². The first kappa shape index (κ1) is 15.5. The Hall–Kier alpha value is -1.99. The van der Waals surface area contributed by atoms with Crippen molar-refractivity contribution in [2.24, 2.45) is 0 Å². The lowest BCUT2D eigenvalue weighted by Crippen LogP contribution is -2.01. The second kappa shape index (κ2) is 6.49. The van der Waals surface area contributed by atoms with Gasteiger partial charge >= 0.3 is 0 Å². The molecule has 0 aliphatic heterocycles. The number of rotatable bonds is 5. The summed E-state index contributed by atoms with van der Waals surface area (Å²) in [5.74, 6) is 2.09. The minimum Gasteiger partial charge on any atom is -0.302 e. The Morgan fingerprint density at radius 3 is 2.88 bits per heavy atom. The molecule has 3 heterocycles. The molecule has 1 saturated carbocycles. The lowest BCUT2D eigenvalue weighted by molar-refractivity contribution is 0.686. The minimum atomic E-state index is 0.457. The molecule has 0 radical (unpaired) electrons. The standard InChI is InChI=1S/C16H15ClN6S/c1-2-23-15(11-4-3-7-18-9-11)21-22-16(23)24-13-8-12(17)19-14(20-13)10-5-6-10/h3-4,7-10H,2,5-6H2,1H3. The van der Waals surface area contributed by atoms with Gasteiger partial charge in [0.05, 0.1) is 0 Å². The molecule has 0 spiro atoms. The molecule has 0 N–H and O–H groups in total. The van der Waals surface area contributed by atoms with Gasteiger partial charge < -0.3 is 4.57 Å². The topological polar surface area (TPSA) is 69.4 Å². The molecule has 4 rings (SSSR count). The Labute approximate surface area is 148 Å². The van der Waals surface area contributed by atoms with Crippen LogP contribution in [0.25, 0.3) is 11.4 Å². The predicted molar refractivity (Wildman–Crippen MR) is 92.1 cm³/mol. The van der Waals surface area contributed by atoms with E-state index in [0.717, 1.165) is 46.8 Å². The van der Waals surface area contributed by atoms with E-state index < -0.39 is 0 Å². The summed E-state index contributed by atoms with van der Waals surface area (Å²) in [7, 11) is 0. The van der Waals surface area contributed by atoms with Crippen molar-refractivity contribution < 1.29 is 0 Å². The summed E-state index contributed by atoms with van der Waals surface area (Å²) in [6, 6.07) is 5.64. The minimum absolute atomic E-state index is 0.457. The second-order valence-corrected chi connectivity index (χ2v) is 6.93. The summed E-state index contributed by atoms with van der Waals surface area (Å²) in [5, 5.41) is 10.7. The van der Waals surface area contributed by atoms with Crippen molar-refractivity contribution in [1.82, 2.24) is 29.7 Å². The molecule has 6 nitrogen and oxygen atoms in total. The van der Waals surface area contributed by atoms with Gasteiger partial charge in [-0.1, -0.05) is 11.6 Å². The summed E-state index contributed by atoms with van der Waals surface area (Å²) >= 11 is 7.61. The maximum absolute atomic E-state index is 6.15. The van der Waals surface area contributed by atoms with Crippen LogP contribution < -0.4 is 0 Å². The molecule has 1 aliphatic carbocycles. The number of halogens is 1. The molecule has 24 heavy (non-hydrogen) atoms. The van der Waals surface area contributed by atoms with Gasteiger partial charge in [0.1, 0.15) is 16.0 Å². The third kappa shape index (κ3) is 3.14. The van der Waals surface area contributed by atoms with Gasteiger partial charge in [0.25, 0.3) is 0 Å². The monoisotopic (exact) mass is 358 g/mol. The lowest BCUT2D eigenvalue weighted by atomic mass is 10.3. The summed E-state index contributed by atoms with van der Waals surface area (Å²) in [6.45, 7) is 2.82. The molecule has 0 atom stereocenters. The Bertz CT molecular complexity index is 862. The number of nitrogens with zero attached hydrogens (tertiary/aromatic N) is 6. The number of pyridine rings is 1. The van der Waals surface area contributed by atoms with E-state index in [1.54, 1.807) is 18.5 Å². The summed E-state index contributed by atoms with van der Waals surface area (Å²) < 4.78 is 2.05. The van der Waals surface area contributed by atoms with Crippen LogP contribution in [0.2, 0.25) is 5.15 Å². The van der Waals surface area contributed by atoms with E-state index in [1.807, 2.05) is 12.1 Å².